The molecule has 1 unspecified atom stereocenters. The molecule has 0 fully saturated rings. The Morgan fingerprint density at radius 2 is 1.53 bits per heavy atom. The zero-order valence-electron chi connectivity index (χ0n) is 11.1. The summed E-state index contributed by atoms with van der Waals surface area (Å²) in [5, 5.41) is 0. The van der Waals surface area contributed by atoms with Gasteiger partial charge in [-0.2, -0.15) is 0 Å². The summed E-state index contributed by atoms with van der Waals surface area (Å²) in [6, 6.07) is 0.737. The third-order valence-electron chi connectivity index (χ3n) is 2.62. The molecule has 0 aliphatic carbocycles. The molecule has 0 rings (SSSR count). The van der Waals surface area contributed by atoms with Crippen LogP contribution < -0.4 is 0 Å². The Labute approximate surface area is 112 Å². The van der Waals surface area contributed by atoms with Crippen LogP contribution in [0, 0.1) is 0 Å². The Hall–Kier alpha value is 1.12. The number of rotatable bonds is 7. The fourth-order valence-corrected chi connectivity index (χ4v) is 7.79. The van der Waals surface area contributed by atoms with Crippen LogP contribution in [-0.4, -0.2) is 20.2 Å². The van der Waals surface area contributed by atoms with Gasteiger partial charge in [-0.25, -0.2) is 2.88 Å². The molecular formula is C12H27INP. The van der Waals surface area contributed by atoms with E-state index in [4.69, 9.17) is 0 Å². The highest BCUT2D eigenvalue weighted by atomic mass is 127. The van der Waals surface area contributed by atoms with Crippen molar-refractivity contribution in [1.82, 2.24) is 2.88 Å². The van der Waals surface area contributed by atoms with Crippen LogP contribution in [-0.2, 0) is 0 Å². The van der Waals surface area contributed by atoms with Gasteiger partial charge in [0, 0.05) is 28.9 Å². The molecule has 92 valence electrons. The van der Waals surface area contributed by atoms with Gasteiger partial charge in [0.05, 0.1) is 0 Å². The summed E-state index contributed by atoms with van der Waals surface area (Å²) in [5.74, 6) is 0. The average Bonchev–Trinajstić information content (AvgIpc) is 2.12. The molecule has 0 aromatic carbocycles. The second-order valence-electron chi connectivity index (χ2n) is 4.85. The number of nitrogens with zero attached hydrogens (tertiary/aromatic N) is 1. The molecule has 0 radical (unpaired) electrons. The van der Waals surface area contributed by atoms with Crippen LogP contribution in [0.4, 0.5) is 0 Å². The minimum absolute atomic E-state index is 0.0242. The normalized spacial score (nSPS) is 14.6. The van der Waals surface area contributed by atoms with Crippen LogP contribution in [0.5, 0.6) is 0 Å². The first-order chi connectivity index (χ1) is 6.91. The predicted molar refractivity (Wildman–Crippen MR) is 82.0 cm³/mol. The summed E-state index contributed by atoms with van der Waals surface area (Å²) in [6.45, 7) is 14.1. The molecule has 0 spiro atoms. The van der Waals surface area contributed by atoms with E-state index < -0.39 is 0 Å². The van der Waals surface area contributed by atoms with Gasteiger partial charge in [-0.3, -0.25) is 0 Å². The van der Waals surface area contributed by atoms with Gasteiger partial charge in [0.15, 0.2) is 0 Å². The zero-order valence-corrected chi connectivity index (χ0v) is 14.2. The Bertz CT molecular complexity index is 154. The topological polar surface area (TPSA) is 3.24 Å². The summed E-state index contributed by atoms with van der Waals surface area (Å²) >= 11 is 2.56. The van der Waals surface area contributed by atoms with E-state index in [2.05, 4.69) is 67.3 Å². The Kier molecular flexibility index (Phi) is 8.86. The molecule has 0 saturated heterocycles. The smallest absolute Gasteiger partial charge is 0.0247 e. The van der Waals surface area contributed by atoms with E-state index in [0.717, 1.165) is 17.4 Å². The van der Waals surface area contributed by atoms with Crippen molar-refractivity contribution in [3.05, 3.63) is 0 Å². The van der Waals surface area contributed by atoms with Crippen molar-refractivity contribution < 1.29 is 0 Å². The van der Waals surface area contributed by atoms with E-state index in [1.165, 1.54) is 19.3 Å². The highest BCUT2D eigenvalue weighted by Crippen LogP contribution is 2.53. The first kappa shape index (κ1) is 16.1. The SMILES string of the molecule is CCCCC(C)N(I)P(C(C)C)C(C)C. The lowest BCUT2D eigenvalue weighted by Gasteiger charge is -2.36. The number of halogens is 1. The minimum atomic E-state index is 0.0242. The summed E-state index contributed by atoms with van der Waals surface area (Å²) in [6.07, 6.45) is 4.02. The van der Waals surface area contributed by atoms with Crippen molar-refractivity contribution >= 4 is 30.9 Å². The molecule has 0 N–H and O–H groups in total. The van der Waals surface area contributed by atoms with Gasteiger partial charge in [0.25, 0.3) is 0 Å². The molecule has 15 heavy (non-hydrogen) atoms. The van der Waals surface area contributed by atoms with Gasteiger partial charge in [-0.05, 0) is 32.7 Å². The summed E-state index contributed by atoms with van der Waals surface area (Å²) in [5.41, 5.74) is 1.61. The van der Waals surface area contributed by atoms with E-state index in [1.54, 1.807) is 0 Å². The predicted octanol–water partition coefficient (Wildman–Crippen LogP) is 5.43. The van der Waals surface area contributed by atoms with Gasteiger partial charge < -0.3 is 0 Å². The molecule has 0 aromatic heterocycles. The third kappa shape index (κ3) is 5.83. The van der Waals surface area contributed by atoms with Crippen molar-refractivity contribution in [3.63, 3.8) is 0 Å². The lowest BCUT2D eigenvalue weighted by atomic mass is 10.2. The van der Waals surface area contributed by atoms with Crippen molar-refractivity contribution in [1.29, 1.82) is 0 Å². The highest BCUT2D eigenvalue weighted by Gasteiger charge is 2.26. The van der Waals surface area contributed by atoms with Gasteiger partial charge in [0.2, 0.25) is 0 Å². The largest absolute Gasteiger partial charge is 0.222 e. The number of hydrogen-bond acceptors (Lipinski definition) is 1. The van der Waals surface area contributed by atoms with Crippen LogP contribution in [0.25, 0.3) is 0 Å². The molecule has 0 aliphatic heterocycles. The maximum absolute atomic E-state index is 2.62. The maximum atomic E-state index is 2.62. The van der Waals surface area contributed by atoms with E-state index in [-0.39, 0.29) is 8.07 Å². The minimum Gasteiger partial charge on any atom is -0.222 e. The average molecular weight is 343 g/mol. The molecular weight excluding hydrogens is 316 g/mol. The third-order valence-corrected chi connectivity index (χ3v) is 8.02. The van der Waals surface area contributed by atoms with Crippen LogP contribution >= 0.6 is 30.9 Å². The first-order valence-corrected chi connectivity index (χ1v) is 8.54. The summed E-state index contributed by atoms with van der Waals surface area (Å²) in [4.78, 5) is 0. The van der Waals surface area contributed by atoms with E-state index in [1.807, 2.05) is 0 Å². The van der Waals surface area contributed by atoms with E-state index in [9.17, 15) is 0 Å². The fourth-order valence-electron chi connectivity index (χ4n) is 1.87. The number of unbranched alkanes of at least 4 members (excludes halogenated alkanes) is 1. The van der Waals surface area contributed by atoms with E-state index >= 15 is 0 Å². The number of hydrogen-bond donors (Lipinski definition) is 0. The van der Waals surface area contributed by atoms with Crippen molar-refractivity contribution in [2.45, 2.75) is 78.2 Å². The maximum Gasteiger partial charge on any atom is 0.0247 e. The molecule has 0 aliphatic rings. The van der Waals surface area contributed by atoms with Crippen LogP contribution in [0.2, 0.25) is 0 Å². The summed E-state index contributed by atoms with van der Waals surface area (Å²) in [7, 11) is 0.0242. The Morgan fingerprint density at radius 1 is 1.07 bits per heavy atom. The monoisotopic (exact) mass is 343 g/mol. The lowest BCUT2D eigenvalue weighted by Crippen LogP contribution is -2.25. The molecule has 0 aromatic rings. The molecule has 1 nitrogen and oxygen atoms in total. The van der Waals surface area contributed by atoms with Gasteiger partial charge >= 0.3 is 0 Å². The quantitative estimate of drug-likeness (QED) is 0.338. The van der Waals surface area contributed by atoms with Crippen molar-refractivity contribution in [2.24, 2.45) is 0 Å². The summed E-state index contributed by atoms with van der Waals surface area (Å²) < 4.78 is 2.62. The van der Waals surface area contributed by atoms with Crippen molar-refractivity contribution in [2.75, 3.05) is 0 Å². The molecule has 0 bridgehead atoms. The Morgan fingerprint density at radius 3 is 1.87 bits per heavy atom. The molecule has 0 saturated carbocycles. The second-order valence-corrected chi connectivity index (χ2v) is 9.91. The van der Waals surface area contributed by atoms with Gasteiger partial charge in [0.1, 0.15) is 0 Å². The molecule has 3 heteroatoms. The molecule has 1 atom stereocenters. The standard InChI is InChI=1S/C12H27INP/c1-7-8-9-12(6)14(13)15(10(2)3)11(4)5/h10-12H,7-9H2,1-6H3. The first-order valence-electron chi connectivity index (χ1n) is 6.15. The van der Waals surface area contributed by atoms with Crippen molar-refractivity contribution in [3.8, 4) is 0 Å². The lowest BCUT2D eigenvalue weighted by molar-refractivity contribution is 0.498. The molecule has 0 heterocycles. The second kappa shape index (κ2) is 8.25. The Balaban J connectivity index is 4.29. The van der Waals surface area contributed by atoms with Crippen LogP contribution in [0.15, 0.2) is 0 Å². The van der Waals surface area contributed by atoms with E-state index in [0.29, 0.717) is 0 Å². The van der Waals surface area contributed by atoms with Gasteiger partial charge in [-0.1, -0.05) is 47.5 Å². The zero-order chi connectivity index (χ0) is 12.0. The van der Waals surface area contributed by atoms with Crippen LogP contribution in [0.3, 0.4) is 0 Å². The highest BCUT2D eigenvalue weighted by molar-refractivity contribution is 14.1. The van der Waals surface area contributed by atoms with Crippen LogP contribution in [0.1, 0.15) is 60.8 Å². The fraction of sp³-hybridized carbons (Fsp3) is 1.00. The molecule has 0 amide bonds. The van der Waals surface area contributed by atoms with Gasteiger partial charge in [-0.15, -0.1) is 0 Å².